The lowest BCUT2D eigenvalue weighted by molar-refractivity contribution is 0.221. The van der Waals surface area contributed by atoms with Crippen LogP contribution in [0.3, 0.4) is 0 Å². The quantitative estimate of drug-likeness (QED) is 0.294. The fourth-order valence-electron chi connectivity index (χ4n) is 2.65. The van der Waals surface area contributed by atoms with Gasteiger partial charge in [0.05, 0.1) is 17.4 Å². The van der Waals surface area contributed by atoms with E-state index in [4.69, 9.17) is 21.9 Å². The maximum absolute atomic E-state index is 11.3. The summed E-state index contributed by atoms with van der Waals surface area (Å²) in [5.74, 6) is 0.628. The third-order valence-corrected chi connectivity index (χ3v) is 5.19. The Morgan fingerprint density at radius 3 is 2.69 bits per heavy atom. The molecule has 1 heterocycles. The lowest BCUT2D eigenvalue weighted by atomic mass is 9.90. The van der Waals surface area contributed by atoms with Gasteiger partial charge in [-0.2, -0.15) is 0 Å². The first kappa shape index (κ1) is 20.3. The standard InChI is InChI=1S/C17H21ClN4O3S/c1-11(7-8-26(4,23)24)25-15-6-5-14(17(2,3)21-22-19)12-9-16(18)20-10-13(12)15/h5-6,9-11H,7-8H2,1-4H3. The van der Waals surface area contributed by atoms with E-state index in [-0.39, 0.29) is 11.9 Å². The Hall–Kier alpha value is -2.02. The van der Waals surface area contributed by atoms with Gasteiger partial charge in [-0.3, -0.25) is 0 Å². The van der Waals surface area contributed by atoms with Crippen molar-refractivity contribution in [1.82, 2.24) is 4.98 Å². The van der Waals surface area contributed by atoms with E-state index in [0.717, 1.165) is 16.3 Å². The van der Waals surface area contributed by atoms with E-state index < -0.39 is 15.4 Å². The Morgan fingerprint density at radius 2 is 2.08 bits per heavy atom. The molecular formula is C17H21ClN4O3S. The van der Waals surface area contributed by atoms with Crippen molar-refractivity contribution >= 4 is 32.2 Å². The molecule has 1 aromatic heterocycles. The van der Waals surface area contributed by atoms with Gasteiger partial charge in [-0.15, -0.1) is 0 Å². The predicted molar refractivity (Wildman–Crippen MR) is 103 cm³/mol. The van der Waals surface area contributed by atoms with Crippen LogP contribution in [-0.2, 0) is 15.4 Å². The number of rotatable bonds is 7. The topological polar surface area (TPSA) is 105 Å². The van der Waals surface area contributed by atoms with Crippen molar-refractivity contribution in [2.45, 2.75) is 38.8 Å². The van der Waals surface area contributed by atoms with Crippen LogP contribution in [0.5, 0.6) is 5.75 Å². The summed E-state index contributed by atoms with van der Waals surface area (Å²) < 4.78 is 28.6. The first-order chi connectivity index (χ1) is 12.0. The lowest BCUT2D eigenvalue weighted by Crippen LogP contribution is -2.18. The van der Waals surface area contributed by atoms with E-state index in [1.807, 2.05) is 26.8 Å². The van der Waals surface area contributed by atoms with Gasteiger partial charge in [0.15, 0.2) is 0 Å². The van der Waals surface area contributed by atoms with Gasteiger partial charge in [0.2, 0.25) is 0 Å². The van der Waals surface area contributed by atoms with Crippen LogP contribution in [0.2, 0.25) is 5.15 Å². The second-order valence-corrected chi connectivity index (χ2v) is 9.41. The highest BCUT2D eigenvalue weighted by molar-refractivity contribution is 7.90. The second-order valence-electron chi connectivity index (χ2n) is 6.76. The number of nitrogens with zero attached hydrogens (tertiary/aromatic N) is 4. The van der Waals surface area contributed by atoms with Crippen LogP contribution in [0.25, 0.3) is 21.2 Å². The summed E-state index contributed by atoms with van der Waals surface area (Å²) in [6.45, 7) is 5.44. The molecular weight excluding hydrogens is 376 g/mol. The molecule has 0 amide bonds. The zero-order chi connectivity index (χ0) is 19.5. The lowest BCUT2D eigenvalue weighted by Gasteiger charge is -2.23. The van der Waals surface area contributed by atoms with Gasteiger partial charge < -0.3 is 4.74 Å². The number of pyridine rings is 1. The molecule has 0 saturated heterocycles. The van der Waals surface area contributed by atoms with Gasteiger partial charge in [-0.25, -0.2) is 13.4 Å². The molecule has 2 rings (SSSR count). The largest absolute Gasteiger partial charge is 0.490 e. The van der Waals surface area contributed by atoms with Crippen LogP contribution in [-0.4, -0.2) is 31.5 Å². The maximum atomic E-state index is 11.3. The molecule has 1 atom stereocenters. The van der Waals surface area contributed by atoms with E-state index in [1.54, 1.807) is 18.3 Å². The zero-order valence-electron chi connectivity index (χ0n) is 15.1. The highest BCUT2D eigenvalue weighted by Crippen LogP contribution is 2.37. The van der Waals surface area contributed by atoms with Crippen LogP contribution >= 0.6 is 11.6 Å². The van der Waals surface area contributed by atoms with Gasteiger partial charge in [-0.1, -0.05) is 36.6 Å². The van der Waals surface area contributed by atoms with Crippen LogP contribution in [0, 0.1) is 0 Å². The van der Waals surface area contributed by atoms with Crippen molar-refractivity contribution in [3.63, 3.8) is 0 Å². The average molecular weight is 397 g/mol. The molecule has 0 bridgehead atoms. The molecule has 140 valence electrons. The summed E-state index contributed by atoms with van der Waals surface area (Å²) in [6, 6.07) is 5.31. The third-order valence-electron chi connectivity index (χ3n) is 4.00. The fraction of sp³-hybridized carbons (Fsp3) is 0.471. The highest BCUT2D eigenvalue weighted by Gasteiger charge is 2.23. The summed E-state index contributed by atoms with van der Waals surface area (Å²) >= 11 is 6.05. The van der Waals surface area contributed by atoms with Gasteiger partial charge in [0, 0.05) is 22.8 Å². The van der Waals surface area contributed by atoms with Crippen molar-refractivity contribution < 1.29 is 13.2 Å². The summed E-state index contributed by atoms with van der Waals surface area (Å²) in [7, 11) is -3.05. The summed E-state index contributed by atoms with van der Waals surface area (Å²) in [4.78, 5) is 7.04. The molecule has 0 N–H and O–H groups in total. The van der Waals surface area contributed by atoms with Crippen LogP contribution < -0.4 is 4.74 Å². The summed E-state index contributed by atoms with van der Waals surface area (Å²) in [5, 5.41) is 5.68. The van der Waals surface area contributed by atoms with Gasteiger partial charge in [-0.05, 0) is 42.0 Å². The highest BCUT2D eigenvalue weighted by atomic mass is 35.5. The molecule has 9 heteroatoms. The Morgan fingerprint density at radius 1 is 1.38 bits per heavy atom. The molecule has 0 aliphatic carbocycles. The molecule has 1 aromatic carbocycles. The van der Waals surface area contributed by atoms with E-state index in [9.17, 15) is 8.42 Å². The van der Waals surface area contributed by atoms with Crippen LogP contribution in [0.1, 0.15) is 32.8 Å². The predicted octanol–water partition coefficient (Wildman–Crippen LogP) is 4.64. The van der Waals surface area contributed by atoms with Gasteiger partial charge in [0.25, 0.3) is 0 Å². The molecule has 0 aliphatic heterocycles. The minimum absolute atomic E-state index is 0.0537. The molecule has 0 aliphatic rings. The first-order valence-electron chi connectivity index (χ1n) is 8.03. The van der Waals surface area contributed by atoms with Gasteiger partial charge >= 0.3 is 0 Å². The minimum Gasteiger partial charge on any atom is -0.490 e. The van der Waals surface area contributed by atoms with Crippen molar-refractivity contribution in [2.24, 2.45) is 5.11 Å². The van der Waals surface area contributed by atoms with E-state index >= 15 is 0 Å². The number of aromatic nitrogens is 1. The molecule has 0 spiro atoms. The summed E-state index contributed by atoms with van der Waals surface area (Å²) in [6.07, 6.45) is 2.90. The average Bonchev–Trinajstić information content (AvgIpc) is 2.52. The number of hydrogen-bond acceptors (Lipinski definition) is 5. The summed E-state index contributed by atoms with van der Waals surface area (Å²) in [5.41, 5.74) is 8.85. The Bertz CT molecular complexity index is 969. The number of fused-ring (bicyclic) bond motifs is 1. The van der Waals surface area contributed by atoms with Gasteiger partial charge in [0.1, 0.15) is 20.7 Å². The Balaban J connectivity index is 2.46. The molecule has 0 fully saturated rings. The number of sulfone groups is 1. The second kappa shape index (κ2) is 7.70. The number of azide groups is 1. The van der Waals surface area contributed by atoms with Crippen LogP contribution in [0.15, 0.2) is 29.5 Å². The Labute approximate surface area is 157 Å². The number of hydrogen-bond donors (Lipinski definition) is 0. The minimum atomic E-state index is -3.05. The molecule has 7 nitrogen and oxygen atoms in total. The Kier molecular flexibility index (Phi) is 6.01. The number of ether oxygens (including phenoxy) is 1. The number of halogens is 1. The molecule has 2 aromatic rings. The third kappa shape index (κ3) is 5.00. The molecule has 26 heavy (non-hydrogen) atoms. The monoisotopic (exact) mass is 396 g/mol. The SMILES string of the molecule is CC(CCS(C)(=O)=O)Oc1ccc(C(C)(C)N=[N+]=[N-])c2cc(Cl)ncc12. The van der Waals surface area contributed by atoms with Crippen molar-refractivity contribution in [3.8, 4) is 5.75 Å². The van der Waals surface area contributed by atoms with Crippen molar-refractivity contribution in [3.05, 3.63) is 45.6 Å². The zero-order valence-corrected chi connectivity index (χ0v) is 16.7. The van der Waals surface area contributed by atoms with Crippen molar-refractivity contribution in [2.75, 3.05) is 12.0 Å². The number of benzene rings is 1. The fourth-order valence-corrected chi connectivity index (χ4v) is 3.56. The molecule has 1 unspecified atom stereocenters. The van der Waals surface area contributed by atoms with E-state index in [1.165, 1.54) is 6.26 Å². The smallest absolute Gasteiger partial charge is 0.147 e. The maximum Gasteiger partial charge on any atom is 0.147 e. The molecule has 0 radical (unpaired) electrons. The normalized spacial score (nSPS) is 13.3. The molecule has 0 saturated carbocycles. The van der Waals surface area contributed by atoms with Crippen molar-refractivity contribution in [1.29, 1.82) is 0 Å². The van der Waals surface area contributed by atoms with E-state index in [0.29, 0.717) is 17.3 Å². The van der Waals surface area contributed by atoms with Crippen LogP contribution in [0.4, 0.5) is 0 Å². The van der Waals surface area contributed by atoms with E-state index in [2.05, 4.69) is 15.0 Å². The first-order valence-corrected chi connectivity index (χ1v) is 10.5.